The Labute approximate surface area is 241 Å². The summed E-state index contributed by atoms with van der Waals surface area (Å²) in [4.78, 5) is 42.9. The zero-order valence-electron chi connectivity index (χ0n) is 22.6. The number of carbonyl (C=O) groups is 1. The molecule has 0 aliphatic carbocycles. The van der Waals surface area contributed by atoms with E-state index < -0.39 is 26.7 Å². The maximum Gasteiger partial charge on any atom is 0.410 e. The Balaban J connectivity index is 1.58. The molecule has 1 amide bonds. The highest BCUT2D eigenvalue weighted by atomic mass is 35.5. The number of nitrogens with zero attached hydrogens (tertiary/aromatic N) is 2. The zero-order chi connectivity index (χ0) is 29.4. The number of ether oxygens (including phenoxy) is 2. The molecule has 216 valence electrons. The predicted molar refractivity (Wildman–Crippen MR) is 154 cm³/mol. The fourth-order valence-electron chi connectivity index (χ4n) is 4.45. The molecule has 3 aromatic rings. The Bertz CT molecular complexity index is 1670. The Morgan fingerprint density at radius 3 is 2.40 bits per heavy atom. The van der Waals surface area contributed by atoms with Crippen LogP contribution in [-0.4, -0.2) is 59.5 Å². The molecule has 1 aromatic heterocycles. The van der Waals surface area contributed by atoms with Crippen molar-refractivity contribution in [3.05, 3.63) is 66.8 Å². The Kier molecular flexibility index (Phi) is 8.58. The summed E-state index contributed by atoms with van der Waals surface area (Å²) in [6.45, 7) is 7.55. The van der Waals surface area contributed by atoms with E-state index in [9.17, 15) is 22.8 Å². The minimum absolute atomic E-state index is 0.00490. The minimum Gasteiger partial charge on any atom is -0.489 e. The fraction of sp³-hybridized carbons (Fsp3) is 0.444. The SMILES string of the molecule is CCS(=O)(=O)c1ccc(Cl)cc1Cn1c(=O)[nH]c2cc(OC3CCN(C(=O)OC(C)(C)C)CC3)c(Cl)cc2c1=O. The smallest absolute Gasteiger partial charge is 0.410 e. The van der Waals surface area contributed by atoms with Gasteiger partial charge in [0.15, 0.2) is 9.84 Å². The van der Waals surface area contributed by atoms with E-state index in [2.05, 4.69) is 4.98 Å². The summed E-state index contributed by atoms with van der Waals surface area (Å²) in [5, 5.41) is 0.588. The van der Waals surface area contributed by atoms with E-state index in [0.717, 1.165) is 4.57 Å². The lowest BCUT2D eigenvalue weighted by Crippen LogP contribution is -2.44. The number of piperidine rings is 1. The minimum atomic E-state index is -3.63. The van der Waals surface area contributed by atoms with Gasteiger partial charge in [0.2, 0.25) is 0 Å². The first-order valence-electron chi connectivity index (χ1n) is 12.8. The number of hydrogen-bond acceptors (Lipinski definition) is 7. The molecule has 1 saturated heterocycles. The molecule has 1 fully saturated rings. The van der Waals surface area contributed by atoms with Crippen molar-refractivity contribution in [3.63, 3.8) is 0 Å². The molecule has 0 unspecified atom stereocenters. The van der Waals surface area contributed by atoms with Gasteiger partial charge in [-0.05, 0) is 50.6 Å². The molecule has 1 N–H and O–H groups in total. The van der Waals surface area contributed by atoms with E-state index in [-0.39, 0.29) is 55.9 Å². The van der Waals surface area contributed by atoms with E-state index in [1.807, 2.05) is 20.8 Å². The van der Waals surface area contributed by atoms with Gasteiger partial charge in [-0.25, -0.2) is 18.0 Å². The van der Waals surface area contributed by atoms with Crippen LogP contribution in [-0.2, 0) is 21.1 Å². The summed E-state index contributed by atoms with van der Waals surface area (Å²) in [6.07, 6.45) is 0.492. The molecule has 2 aromatic carbocycles. The van der Waals surface area contributed by atoms with Gasteiger partial charge in [-0.1, -0.05) is 30.1 Å². The molecule has 1 aliphatic rings. The second kappa shape index (κ2) is 11.5. The molecule has 4 rings (SSSR count). The second-order valence-electron chi connectivity index (χ2n) is 10.6. The van der Waals surface area contributed by atoms with Crippen LogP contribution in [0, 0.1) is 0 Å². The molecule has 0 radical (unpaired) electrons. The first-order chi connectivity index (χ1) is 18.7. The first-order valence-corrected chi connectivity index (χ1v) is 15.2. The molecule has 0 atom stereocenters. The van der Waals surface area contributed by atoms with Crippen LogP contribution in [0.3, 0.4) is 0 Å². The van der Waals surface area contributed by atoms with Gasteiger partial charge in [-0.3, -0.25) is 9.36 Å². The van der Waals surface area contributed by atoms with Gasteiger partial charge in [0, 0.05) is 37.0 Å². The number of likely N-dealkylation sites (tertiary alicyclic amines) is 1. The van der Waals surface area contributed by atoms with Gasteiger partial charge in [0.05, 0.1) is 33.1 Å². The summed E-state index contributed by atoms with van der Waals surface area (Å²) >= 11 is 12.6. The summed E-state index contributed by atoms with van der Waals surface area (Å²) in [6, 6.07) is 7.16. The van der Waals surface area contributed by atoms with E-state index in [0.29, 0.717) is 31.7 Å². The number of aromatic amines is 1. The third kappa shape index (κ3) is 6.64. The molecule has 13 heteroatoms. The van der Waals surface area contributed by atoms with Crippen molar-refractivity contribution in [2.45, 2.75) is 63.7 Å². The Hall–Kier alpha value is -3.02. The van der Waals surface area contributed by atoms with E-state index in [4.69, 9.17) is 32.7 Å². The summed E-state index contributed by atoms with van der Waals surface area (Å²) < 4.78 is 37.6. The average molecular weight is 613 g/mol. The third-order valence-corrected chi connectivity index (χ3v) is 8.85. The summed E-state index contributed by atoms with van der Waals surface area (Å²) in [5.41, 5.74) is -1.49. The maximum atomic E-state index is 13.3. The van der Waals surface area contributed by atoms with Gasteiger partial charge in [0.25, 0.3) is 5.56 Å². The molecule has 40 heavy (non-hydrogen) atoms. The lowest BCUT2D eigenvalue weighted by molar-refractivity contribution is 0.0127. The van der Waals surface area contributed by atoms with E-state index in [1.54, 1.807) is 4.90 Å². The van der Waals surface area contributed by atoms with Crippen molar-refractivity contribution in [3.8, 4) is 5.75 Å². The van der Waals surface area contributed by atoms with Crippen LogP contribution in [0.1, 0.15) is 46.1 Å². The lowest BCUT2D eigenvalue weighted by atomic mass is 10.1. The normalized spacial score (nSPS) is 14.9. The van der Waals surface area contributed by atoms with Crippen LogP contribution in [0.5, 0.6) is 5.75 Å². The topological polar surface area (TPSA) is 128 Å². The molecular formula is C27H31Cl2N3O7S. The third-order valence-electron chi connectivity index (χ3n) is 6.49. The number of amides is 1. The number of halogens is 2. The Morgan fingerprint density at radius 2 is 1.77 bits per heavy atom. The standard InChI is InChI=1S/C27H31Cl2N3O7S/c1-5-40(36,37)23-7-6-17(28)12-16(23)15-32-24(33)19-13-20(29)22(14-21(19)30-25(32)34)38-18-8-10-31(11-9-18)26(35)39-27(2,3)4/h6-7,12-14,18H,5,8-11,15H2,1-4H3,(H,30,34). The van der Waals surface area contributed by atoms with Crippen LogP contribution < -0.4 is 16.0 Å². The van der Waals surface area contributed by atoms with Crippen molar-refractivity contribution in [2.24, 2.45) is 0 Å². The second-order valence-corrected chi connectivity index (χ2v) is 13.7. The fourth-order valence-corrected chi connectivity index (χ4v) is 5.96. The van der Waals surface area contributed by atoms with Crippen molar-refractivity contribution in [1.29, 1.82) is 0 Å². The van der Waals surface area contributed by atoms with Gasteiger partial charge >= 0.3 is 11.8 Å². The largest absolute Gasteiger partial charge is 0.489 e. The molecule has 10 nitrogen and oxygen atoms in total. The van der Waals surface area contributed by atoms with Crippen LogP contribution >= 0.6 is 23.2 Å². The van der Waals surface area contributed by atoms with Gasteiger partial charge < -0.3 is 19.4 Å². The number of sulfone groups is 1. The molecule has 0 saturated carbocycles. The quantitative estimate of drug-likeness (QED) is 0.431. The summed E-state index contributed by atoms with van der Waals surface area (Å²) in [7, 11) is -3.63. The van der Waals surface area contributed by atoms with Gasteiger partial charge in [0.1, 0.15) is 17.5 Å². The monoisotopic (exact) mass is 611 g/mol. The zero-order valence-corrected chi connectivity index (χ0v) is 25.0. The highest BCUT2D eigenvalue weighted by molar-refractivity contribution is 7.91. The number of nitrogens with one attached hydrogen (secondary N) is 1. The first kappa shape index (κ1) is 30.0. The van der Waals surface area contributed by atoms with Crippen LogP contribution in [0.2, 0.25) is 10.0 Å². The van der Waals surface area contributed by atoms with Crippen molar-refractivity contribution >= 4 is 50.0 Å². The van der Waals surface area contributed by atoms with E-state index in [1.165, 1.54) is 37.3 Å². The van der Waals surface area contributed by atoms with Crippen LogP contribution in [0.4, 0.5) is 4.79 Å². The number of benzene rings is 2. The lowest BCUT2D eigenvalue weighted by Gasteiger charge is -2.33. The highest BCUT2D eigenvalue weighted by Crippen LogP contribution is 2.31. The number of aromatic nitrogens is 2. The van der Waals surface area contributed by atoms with E-state index >= 15 is 0 Å². The average Bonchev–Trinajstić information content (AvgIpc) is 2.87. The van der Waals surface area contributed by atoms with Crippen LogP contribution in [0.25, 0.3) is 10.9 Å². The Morgan fingerprint density at radius 1 is 1.10 bits per heavy atom. The molecule has 2 heterocycles. The van der Waals surface area contributed by atoms with Crippen molar-refractivity contribution < 1.29 is 22.7 Å². The molecule has 0 bridgehead atoms. The van der Waals surface area contributed by atoms with Gasteiger partial charge in [-0.15, -0.1) is 0 Å². The number of hydrogen-bond donors (Lipinski definition) is 1. The highest BCUT2D eigenvalue weighted by Gasteiger charge is 2.28. The summed E-state index contributed by atoms with van der Waals surface area (Å²) in [5.74, 6) is 0.145. The number of rotatable bonds is 6. The maximum absolute atomic E-state index is 13.3. The number of fused-ring (bicyclic) bond motifs is 1. The van der Waals surface area contributed by atoms with Crippen molar-refractivity contribution in [2.75, 3.05) is 18.8 Å². The predicted octanol–water partition coefficient (Wildman–Crippen LogP) is 4.62. The molecule has 1 aliphatic heterocycles. The number of carbonyl (C=O) groups excluding carboxylic acids is 1. The van der Waals surface area contributed by atoms with Gasteiger partial charge in [-0.2, -0.15) is 0 Å². The number of H-pyrrole nitrogens is 1. The molecular weight excluding hydrogens is 581 g/mol. The van der Waals surface area contributed by atoms with Crippen molar-refractivity contribution in [1.82, 2.24) is 14.5 Å². The van der Waals surface area contributed by atoms with Crippen LogP contribution in [0.15, 0.2) is 44.8 Å². The molecule has 0 spiro atoms.